The third kappa shape index (κ3) is 2.85. The van der Waals surface area contributed by atoms with Gasteiger partial charge in [-0.1, -0.05) is 32.4 Å². The van der Waals surface area contributed by atoms with E-state index in [0.717, 1.165) is 18.6 Å². The molecule has 0 bridgehead atoms. The number of methoxy groups -OCH3 is 1. The van der Waals surface area contributed by atoms with Gasteiger partial charge >= 0.3 is 0 Å². The van der Waals surface area contributed by atoms with Gasteiger partial charge < -0.3 is 10.5 Å². The van der Waals surface area contributed by atoms with E-state index in [9.17, 15) is 0 Å². The van der Waals surface area contributed by atoms with Crippen LogP contribution in [0.2, 0.25) is 0 Å². The molecule has 1 aromatic carbocycles. The van der Waals surface area contributed by atoms with Gasteiger partial charge in [-0.25, -0.2) is 0 Å². The second-order valence-corrected chi connectivity index (χ2v) is 7.26. The van der Waals surface area contributed by atoms with Gasteiger partial charge in [-0.05, 0) is 56.1 Å². The fourth-order valence-corrected chi connectivity index (χ4v) is 3.41. The van der Waals surface area contributed by atoms with Crippen molar-refractivity contribution in [2.75, 3.05) is 7.11 Å². The Kier molecular flexibility index (Phi) is 4.15. The van der Waals surface area contributed by atoms with Crippen molar-refractivity contribution in [3.8, 4) is 5.75 Å². The monoisotopic (exact) mass is 275 g/mol. The standard InChI is InChI=1S/C18H29NO/c1-13-7-8-15(16(20-5)14(13)2)18(19)10-6-9-17(3,4)11-12-18/h7-8H,6,9-12,19H2,1-5H3. The Morgan fingerprint density at radius 2 is 1.75 bits per heavy atom. The minimum absolute atomic E-state index is 0.239. The summed E-state index contributed by atoms with van der Waals surface area (Å²) >= 11 is 0. The van der Waals surface area contributed by atoms with Crippen molar-refractivity contribution >= 4 is 0 Å². The van der Waals surface area contributed by atoms with Gasteiger partial charge in [-0.3, -0.25) is 0 Å². The molecule has 0 aliphatic heterocycles. The summed E-state index contributed by atoms with van der Waals surface area (Å²) in [7, 11) is 1.76. The third-order valence-electron chi connectivity index (χ3n) is 5.14. The van der Waals surface area contributed by atoms with E-state index >= 15 is 0 Å². The van der Waals surface area contributed by atoms with Gasteiger partial charge in [0.25, 0.3) is 0 Å². The van der Waals surface area contributed by atoms with Crippen LogP contribution in [-0.2, 0) is 5.54 Å². The Labute approximate surface area is 123 Å². The van der Waals surface area contributed by atoms with Gasteiger partial charge in [-0.15, -0.1) is 0 Å². The first-order valence-electron chi connectivity index (χ1n) is 7.73. The average molecular weight is 275 g/mol. The molecule has 0 amide bonds. The van der Waals surface area contributed by atoms with E-state index in [1.807, 2.05) is 0 Å². The molecule has 0 heterocycles. The molecule has 1 unspecified atom stereocenters. The number of hydrogen-bond donors (Lipinski definition) is 1. The normalized spacial score (nSPS) is 26.1. The molecule has 0 spiro atoms. The molecule has 2 nitrogen and oxygen atoms in total. The summed E-state index contributed by atoms with van der Waals surface area (Å²) in [5, 5.41) is 0. The fraction of sp³-hybridized carbons (Fsp3) is 0.667. The zero-order chi connectivity index (χ0) is 15.0. The lowest BCUT2D eigenvalue weighted by molar-refractivity contribution is 0.295. The summed E-state index contributed by atoms with van der Waals surface area (Å²) in [6.07, 6.45) is 5.73. The molecule has 1 aromatic rings. The number of ether oxygens (including phenoxy) is 1. The maximum Gasteiger partial charge on any atom is 0.127 e. The zero-order valence-corrected chi connectivity index (χ0v) is 13.7. The van der Waals surface area contributed by atoms with Crippen LogP contribution < -0.4 is 10.5 Å². The first-order valence-corrected chi connectivity index (χ1v) is 7.73. The first kappa shape index (κ1) is 15.4. The second-order valence-electron chi connectivity index (χ2n) is 7.26. The summed E-state index contributed by atoms with van der Waals surface area (Å²) in [6, 6.07) is 4.36. The number of hydrogen-bond acceptors (Lipinski definition) is 2. The van der Waals surface area contributed by atoms with E-state index < -0.39 is 0 Å². The maximum absolute atomic E-state index is 6.82. The molecule has 1 atom stereocenters. The molecule has 1 aliphatic carbocycles. The van der Waals surface area contributed by atoms with Crippen LogP contribution >= 0.6 is 0 Å². The van der Waals surface area contributed by atoms with Crippen LogP contribution in [-0.4, -0.2) is 7.11 Å². The van der Waals surface area contributed by atoms with Crippen molar-refractivity contribution in [1.82, 2.24) is 0 Å². The number of nitrogens with two attached hydrogens (primary N) is 1. The molecule has 0 radical (unpaired) electrons. The lowest BCUT2D eigenvalue weighted by atomic mass is 9.80. The van der Waals surface area contributed by atoms with E-state index in [-0.39, 0.29) is 5.54 Å². The van der Waals surface area contributed by atoms with Crippen molar-refractivity contribution in [3.63, 3.8) is 0 Å². The Morgan fingerprint density at radius 1 is 1.05 bits per heavy atom. The molecular weight excluding hydrogens is 246 g/mol. The first-order chi connectivity index (χ1) is 9.29. The van der Waals surface area contributed by atoms with Gasteiger partial charge in [-0.2, -0.15) is 0 Å². The Bertz CT molecular complexity index is 492. The highest BCUT2D eigenvalue weighted by atomic mass is 16.5. The van der Waals surface area contributed by atoms with Gasteiger partial charge in [0.15, 0.2) is 0 Å². The summed E-state index contributed by atoms with van der Waals surface area (Å²) in [5.74, 6) is 0.993. The predicted octanol–water partition coefficient (Wildman–Crippen LogP) is 4.46. The van der Waals surface area contributed by atoms with Crippen molar-refractivity contribution in [2.45, 2.75) is 65.3 Å². The molecule has 2 N–H and O–H groups in total. The smallest absolute Gasteiger partial charge is 0.127 e. The Morgan fingerprint density at radius 3 is 2.40 bits per heavy atom. The van der Waals surface area contributed by atoms with E-state index in [0.29, 0.717) is 5.41 Å². The maximum atomic E-state index is 6.82. The van der Waals surface area contributed by atoms with Gasteiger partial charge in [0.1, 0.15) is 5.75 Å². The Balaban J connectivity index is 2.42. The fourth-order valence-electron chi connectivity index (χ4n) is 3.41. The molecule has 112 valence electrons. The van der Waals surface area contributed by atoms with Crippen LogP contribution in [0.1, 0.15) is 62.6 Å². The van der Waals surface area contributed by atoms with Crippen LogP contribution in [0, 0.1) is 19.3 Å². The molecule has 0 aromatic heterocycles. The third-order valence-corrected chi connectivity index (χ3v) is 5.14. The molecule has 1 aliphatic rings. The lowest BCUT2D eigenvalue weighted by Crippen LogP contribution is -2.37. The van der Waals surface area contributed by atoms with Gasteiger partial charge in [0.05, 0.1) is 7.11 Å². The number of rotatable bonds is 2. The predicted molar refractivity (Wildman–Crippen MR) is 85.2 cm³/mol. The van der Waals surface area contributed by atoms with Crippen LogP contribution in [0.5, 0.6) is 5.75 Å². The topological polar surface area (TPSA) is 35.2 Å². The highest BCUT2D eigenvalue weighted by Crippen LogP contribution is 2.44. The molecule has 0 saturated heterocycles. The average Bonchev–Trinajstić information content (AvgIpc) is 2.52. The van der Waals surface area contributed by atoms with Crippen molar-refractivity contribution < 1.29 is 4.74 Å². The van der Waals surface area contributed by atoms with Crippen molar-refractivity contribution in [1.29, 1.82) is 0 Å². The summed E-state index contributed by atoms with van der Waals surface area (Å²) in [4.78, 5) is 0. The van der Waals surface area contributed by atoms with E-state index in [2.05, 4.69) is 39.8 Å². The van der Waals surface area contributed by atoms with Crippen LogP contribution in [0.15, 0.2) is 12.1 Å². The zero-order valence-electron chi connectivity index (χ0n) is 13.7. The minimum atomic E-state index is -0.239. The lowest BCUT2D eigenvalue weighted by Gasteiger charge is -2.32. The van der Waals surface area contributed by atoms with E-state index in [1.165, 1.54) is 36.0 Å². The highest BCUT2D eigenvalue weighted by Gasteiger charge is 2.36. The second kappa shape index (κ2) is 5.40. The van der Waals surface area contributed by atoms with Crippen LogP contribution in [0.25, 0.3) is 0 Å². The highest BCUT2D eigenvalue weighted by molar-refractivity contribution is 5.48. The summed E-state index contributed by atoms with van der Waals surface area (Å²) < 4.78 is 5.69. The molecular formula is C18H29NO. The van der Waals surface area contributed by atoms with E-state index in [4.69, 9.17) is 10.5 Å². The van der Waals surface area contributed by atoms with Crippen LogP contribution in [0.3, 0.4) is 0 Å². The SMILES string of the molecule is COc1c(C2(N)CCCC(C)(C)CC2)ccc(C)c1C. The molecule has 2 heteroatoms. The van der Waals surface area contributed by atoms with Crippen molar-refractivity contribution in [2.24, 2.45) is 11.1 Å². The molecule has 1 saturated carbocycles. The minimum Gasteiger partial charge on any atom is -0.496 e. The quantitative estimate of drug-likeness (QED) is 0.809. The summed E-state index contributed by atoms with van der Waals surface area (Å²) in [5.41, 5.74) is 10.7. The number of aryl methyl sites for hydroxylation is 1. The van der Waals surface area contributed by atoms with Gasteiger partial charge in [0.2, 0.25) is 0 Å². The van der Waals surface area contributed by atoms with Crippen LogP contribution in [0.4, 0.5) is 0 Å². The number of benzene rings is 1. The van der Waals surface area contributed by atoms with E-state index in [1.54, 1.807) is 7.11 Å². The molecule has 20 heavy (non-hydrogen) atoms. The Hall–Kier alpha value is -1.02. The molecule has 1 fully saturated rings. The largest absolute Gasteiger partial charge is 0.496 e. The summed E-state index contributed by atoms with van der Waals surface area (Å²) in [6.45, 7) is 8.97. The van der Waals surface area contributed by atoms with Gasteiger partial charge in [0, 0.05) is 11.1 Å². The van der Waals surface area contributed by atoms with Crippen molar-refractivity contribution in [3.05, 3.63) is 28.8 Å². The molecule has 2 rings (SSSR count).